The molecule has 1 heterocycles. The van der Waals surface area contributed by atoms with Crippen LogP contribution in [-0.2, 0) is 7.05 Å². The molecule has 0 bridgehead atoms. The van der Waals surface area contributed by atoms with Crippen molar-refractivity contribution in [1.82, 2.24) is 4.57 Å². The zero-order chi connectivity index (χ0) is 7.72. The topological polar surface area (TPSA) is 22.0 Å². The minimum absolute atomic E-state index is 0.134. The summed E-state index contributed by atoms with van der Waals surface area (Å²) in [5, 5.41) is 0. The Morgan fingerprint density at radius 2 is 2.20 bits per heavy atom. The van der Waals surface area contributed by atoms with E-state index >= 15 is 0 Å². The van der Waals surface area contributed by atoms with Gasteiger partial charge in [-0.3, -0.25) is 4.79 Å². The van der Waals surface area contributed by atoms with Crippen molar-refractivity contribution in [2.75, 3.05) is 0 Å². The van der Waals surface area contributed by atoms with Crippen molar-refractivity contribution in [1.29, 1.82) is 0 Å². The van der Waals surface area contributed by atoms with Crippen LogP contribution in [0.3, 0.4) is 0 Å². The first-order valence-electron chi connectivity index (χ1n) is 3.04. The summed E-state index contributed by atoms with van der Waals surface area (Å²) in [5.74, 6) is 0. The van der Waals surface area contributed by atoms with E-state index in [2.05, 4.69) is 0 Å². The van der Waals surface area contributed by atoms with Crippen molar-refractivity contribution in [2.24, 2.45) is 7.05 Å². The predicted molar refractivity (Wildman–Crippen MR) is 41.8 cm³/mol. The SMILES string of the molecule is [B]c1cc(C)cn(C)c1=O. The van der Waals surface area contributed by atoms with Gasteiger partial charge in [0.2, 0.25) is 5.56 Å². The molecule has 3 heteroatoms. The van der Waals surface area contributed by atoms with Gasteiger partial charge in [0.1, 0.15) is 7.85 Å². The number of nitrogens with zero attached hydrogens (tertiary/aromatic N) is 1. The molecule has 0 spiro atoms. The van der Waals surface area contributed by atoms with Gasteiger partial charge in [-0.2, -0.15) is 0 Å². The lowest BCUT2D eigenvalue weighted by Gasteiger charge is -2.00. The maximum atomic E-state index is 11.0. The number of pyridine rings is 1. The lowest BCUT2D eigenvalue weighted by molar-refractivity contribution is 0.860. The van der Waals surface area contributed by atoms with Crippen LogP contribution in [0.4, 0.5) is 0 Å². The van der Waals surface area contributed by atoms with Crippen LogP contribution in [-0.4, -0.2) is 12.4 Å². The van der Waals surface area contributed by atoms with Gasteiger partial charge in [0, 0.05) is 13.2 Å². The van der Waals surface area contributed by atoms with Gasteiger partial charge in [0.25, 0.3) is 0 Å². The van der Waals surface area contributed by atoms with Crippen LogP contribution in [0.15, 0.2) is 17.1 Å². The van der Waals surface area contributed by atoms with Crippen molar-refractivity contribution in [3.8, 4) is 0 Å². The van der Waals surface area contributed by atoms with Crippen molar-refractivity contribution in [3.63, 3.8) is 0 Å². The molecular weight excluding hydrogens is 125 g/mol. The van der Waals surface area contributed by atoms with E-state index in [0.29, 0.717) is 5.46 Å². The Kier molecular flexibility index (Phi) is 1.66. The Balaban J connectivity index is 3.46. The Bertz CT molecular complexity index is 277. The fourth-order valence-corrected chi connectivity index (χ4v) is 0.912. The first-order chi connectivity index (χ1) is 4.61. The molecule has 2 radical (unpaired) electrons. The van der Waals surface area contributed by atoms with Crippen LogP contribution >= 0.6 is 0 Å². The first kappa shape index (κ1) is 7.13. The molecule has 0 fully saturated rings. The Morgan fingerprint density at radius 1 is 1.60 bits per heavy atom. The molecule has 0 unspecified atom stereocenters. The van der Waals surface area contributed by atoms with Gasteiger partial charge >= 0.3 is 0 Å². The summed E-state index contributed by atoms with van der Waals surface area (Å²) in [4.78, 5) is 11.0. The van der Waals surface area contributed by atoms with Crippen LogP contribution in [0.2, 0.25) is 0 Å². The van der Waals surface area contributed by atoms with Crippen LogP contribution in [0.25, 0.3) is 0 Å². The van der Waals surface area contributed by atoms with E-state index in [1.165, 1.54) is 4.57 Å². The quantitative estimate of drug-likeness (QED) is 0.436. The van der Waals surface area contributed by atoms with Crippen molar-refractivity contribution in [2.45, 2.75) is 6.92 Å². The summed E-state index contributed by atoms with van der Waals surface area (Å²) in [7, 11) is 7.07. The molecule has 1 aromatic rings. The Labute approximate surface area is 60.9 Å². The average Bonchev–Trinajstić information content (AvgIpc) is 1.82. The van der Waals surface area contributed by atoms with Gasteiger partial charge in [0.05, 0.1) is 0 Å². The molecule has 0 aliphatic carbocycles. The summed E-state index contributed by atoms with van der Waals surface area (Å²) in [5.41, 5.74) is 1.17. The number of hydrogen-bond donors (Lipinski definition) is 0. The highest BCUT2D eigenvalue weighted by Gasteiger charge is 1.94. The number of aryl methyl sites for hydroxylation is 2. The van der Waals surface area contributed by atoms with Gasteiger partial charge < -0.3 is 4.57 Å². The molecule has 0 atom stereocenters. The highest BCUT2D eigenvalue weighted by molar-refractivity contribution is 6.32. The molecule has 0 N–H and O–H groups in total. The molecule has 0 aliphatic rings. The first-order valence-corrected chi connectivity index (χ1v) is 3.04. The molecule has 0 saturated heterocycles. The van der Waals surface area contributed by atoms with Gasteiger partial charge in [-0.1, -0.05) is 6.07 Å². The fourth-order valence-electron chi connectivity index (χ4n) is 0.912. The van der Waals surface area contributed by atoms with Crippen LogP contribution in [0, 0.1) is 6.92 Å². The molecule has 0 aliphatic heterocycles. The molecular formula is C7H8BNO. The van der Waals surface area contributed by atoms with Crippen molar-refractivity contribution in [3.05, 3.63) is 28.2 Å². The number of aromatic nitrogens is 1. The average molecular weight is 133 g/mol. The lowest BCUT2D eigenvalue weighted by Crippen LogP contribution is -2.32. The summed E-state index contributed by atoms with van der Waals surface area (Å²) in [6.45, 7) is 1.90. The van der Waals surface area contributed by atoms with E-state index in [9.17, 15) is 4.79 Å². The normalized spacial score (nSPS) is 9.80. The zero-order valence-electron chi connectivity index (χ0n) is 6.09. The summed E-state index contributed by atoms with van der Waals surface area (Å²) >= 11 is 0. The summed E-state index contributed by atoms with van der Waals surface area (Å²) in [6.07, 6.45) is 1.75. The molecule has 0 aromatic carbocycles. The summed E-state index contributed by atoms with van der Waals surface area (Å²) < 4.78 is 1.48. The highest BCUT2D eigenvalue weighted by Crippen LogP contribution is 1.86. The van der Waals surface area contributed by atoms with E-state index < -0.39 is 0 Å². The maximum Gasteiger partial charge on any atom is 0.243 e. The summed E-state index contributed by atoms with van der Waals surface area (Å²) in [6, 6.07) is 1.67. The fraction of sp³-hybridized carbons (Fsp3) is 0.286. The van der Waals surface area contributed by atoms with Crippen LogP contribution in [0.5, 0.6) is 0 Å². The minimum atomic E-state index is -0.134. The zero-order valence-corrected chi connectivity index (χ0v) is 6.09. The van der Waals surface area contributed by atoms with Crippen LogP contribution in [0.1, 0.15) is 5.56 Å². The van der Waals surface area contributed by atoms with E-state index in [-0.39, 0.29) is 5.56 Å². The Morgan fingerprint density at radius 3 is 2.70 bits per heavy atom. The second-order valence-electron chi connectivity index (χ2n) is 2.39. The van der Waals surface area contributed by atoms with Crippen LogP contribution < -0.4 is 11.0 Å². The smallest absolute Gasteiger partial charge is 0.243 e. The number of rotatable bonds is 0. The predicted octanol–water partition coefficient (Wildman–Crippen LogP) is -0.512. The highest BCUT2D eigenvalue weighted by atomic mass is 16.1. The van der Waals surface area contributed by atoms with Gasteiger partial charge in [-0.05, 0) is 17.9 Å². The third-order valence-electron chi connectivity index (χ3n) is 1.35. The monoisotopic (exact) mass is 133 g/mol. The minimum Gasteiger partial charge on any atom is -0.319 e. The number of hydrogen-bond acceptors (Lipinski definition) is 1. The molecule has 1 aromatic heterocycles. The largest absolute Gasteiger partial charge is 0.319 e. The molecule has 10 heavy (non-hydrogen) atoms. The van der Waals surface area contributed by atoms with Gasteiger partial charge in [-0.15, -0.1) is 0 Å². The molecule has 0 amide bonds. The van der Waals surface area contributed by atoms with Crippen molar-refractivity contribution >= 4 is 13.3 Å². The van der Waals surface area contributed by atoms with E-state index in [1.54, 1.807) is 19.3 Å². The standard InChI is InChI=1S/C7H8BNO/c1-5-3-6(8)7(10)9(2)4-5/h3-4H,1-2H3. The maximum absolute atomic E-state index is 11.0. The second-order valence-corrected chi connectivity index (χ2v) is 2.39. The Hall–Kier alpha value is -0.985. The third-order valence-corrected chi connectivity index (χ3v) is 1.35. The van der Waals surface area contributed by atoms with Gasteiger partial charge in [0.15, 0.2) is 0 Å². The molecule has 1 rings (SSSR count). The lowest BCUT2D eigenvalue weighted by atomic mass is 9.97. The van der Waals surface area contributed by atoms with Gasteiger partial charge in [-0.25, -0.2) is 0 Å². The second kappa shape index (κ2) is 2.33. The molecule has 0 saturated carbocycles. The van der Waals surface area contributed by atoms with E-state index in [0.717, 1.165) is 5.56 Å². The van der Waals surface area contributed by atoms with E-state index in [1.807, 2.05) is 6.92 Å². The molecule has 2 nitrogen and oxygen atoms in total. The van der Waals surface area contributed by atoms with Crippen molar-refractivity contribution < 1.29 is 0 Å². The third kappa shape index (κ3) is 1.13. The molecule has 50 valence electrons. The van der Waals surface area contributed by atoms with E-state index in [4.69, 9.17) is 7.85 Å².